The molecule has 1 fully saturated rings. The van der Waals surface area contributed by atoms with Crippen LogP contribution >= 0.6 is 11.7 Å². The molecule has 4 rings (SSSR count). The number of amides is 1. The van der Waals surface area contributed by atoms with Gasteiger partial charge in [0.2, 0.25) is 0 Å². The Hall–Kier alpha value is -2.91. The fourth-order valence-electron chi connectivity index (χ4n) is 3.31. The first-order valence-corrected chi connectivity index (χ1v) is 10.3. The molecule has 1 amide bonds. The minimum absolute atomic E-state index is 0.130. The molecule has 0 unspecified atom stereocenters. The normalized spacial score (nSPS) is 14.7. The van der Waals surface area contributed by atoms with Crippen LogP contribution < -0.4 is 4.74 Å². The van der Waals surface area contributed by atoms with Crippen molar-refractivity contribution in [2.45, 2.75) is 6.54 Å². The van der Waals surface area contributed by atoms with Gasteiger partial charge in [0, 0.05) is 38.3 Å². The Morgan fingerprint density at radius 2 is 1.77 bits per heavy atom. The van der Waals surface area contributed by atoms with E-state index in [1.807, 2.05) is 0 Å². The molecular weight excluding hydrogens is 410 g/mol. The van der Waals surface area contributed by atoms with Gasteiger partial charge in [0.25, 0.3) is 11.8 Å². The van der Waals surface area contributed by atoms with Gasteiger partial charge in [-0.15, -0.1) is 4.37 Å². The van der Waals surface area contributed by atoms with Crippen molar-refractivity contribution in [1.82, 2.24) is 18.5 Å². The summed E-state index contributed by atoms with van der Waals surface area (Å²) in [5.74, 6) is -0.519. The first-order valence-electron chi connectivity index (χ1n) is 9.54. The van der Waals surface area contributed by atoms with Crippen LogP contribution in [0.4, 0.5) is 8.78 Å². The van der Waals surface area contributed by atoms with Crippen LogP contribution in [-0.2, 0) is 11.3 Å². The third-order valence-corrected chi connectivity index (χ3v) is 5.44. The van der Waals surface area contributed by atoms with Crippen LogP contribution in [0.5, 0.6) is 5.88 Å². The van der Waals surface area contributed by atoms with Crippen molar-refractivity contribution >= 4 is 17.6 Å². The lowest BCUT2D eigenvalue weighted by atomic mass is 10.1. The second-order valence-electron chi connectivity index (χ2n) is 7.00. The number of hydrogen-bond donors (Lipinski definition) is 0. The van der Waals surface area contributed by atoms with Gasteiger partial charge < -0.3 is 9.64 Å². The molecule has 0 N–H and O–H groups in total. The van der Waals surface area contributed by atoms with E-state index in [4.69, 9.17) is 4.74 Å². The Balaban J connectivity index is 1.28. The average molecular weight is 430 g/mol. The summed E-state index contributed by atoms with van der Waals surface area (Å²) in [7, 11) is 0. The van der Waals surface area contributed by atoms with Crippen LogP contribution in [0, 0.1) is 11.6 Å². The largest absolute Gasteiger partial charge is 0.465 e. The minimum Gasteiger partial charge on any atom is -0.465 e. The summed E-state index contributed by atoms with van der Waals surface area (Å²) in [6.07, 6.45) is 0. The first-order chi connectivity index (χ1) is 14.6. The molecule has 0 atom stereocenters. The Morgan fingerprint density at radius 3 is 2.50 bits per heavy atom. The van der Waals surface area contributed by atoms with Gasteiger partial charge in [0.1, 0.15) is 17.3 Å². The van der Waals surface area contributed by atoms with E-state index in [1.54, 1.807) is 29.2 Å². The van der Waals surface area contributed by atoms with Crippen LogP contribution in [0.15, 0.2) is 48.5 Å². The van der Waals surface area contributed by atoms with Crippen molar-refractivity contribution < 1.29 is 18.3 Å². The zero-order chi connectivity index (χ0) is 20.9. The number of ether oxygens (including phenoxy) is 1. The molecule has 2 heterocycles. The van der Waals surface area contributed by atoms with Crippen molar-refractivity contribution in [2.24, 2.45) is 0 Å². The van der Waals surface area contributed by atoms with Crippen LogP contribution in [0.1, 0.15) is 5.56 Å². The molecule has 3 aromatic rings. The van der Waals surface area contributed by atoms with E-state index >= 15 is 0 Å². The summed E-state index contributed by atoms with van der Waals surface area (Å²) in [6, 6.07) is 12.5. The van der Waals surface area contributed by atoms with Gasteiger partial charge >= 0.3 is 0 Å². The average Bonchev–Trinajstić information content (AvgIpc) is 3.23. The number of halogens is 2. The summed E-state index contributed by atoms with van der Waals surface area (Å²) < 4.78 is 40.3. The maximum atomic E-state index is 13.5. The van der Waals surface area contributed by atoms with Gasteiger partial charge in [-0.2, -0.15) is 4.37 Å². The van der Waals surface area contributed by atoms with E-state index < -0.39 is 0 Å². The minimum atomic E-state index is -0.374. The summed E-state index contributed by atoms with van der Waals surface area (Å²) in [6.45, 7) is 3.22. The Kier molecular flexibility index (Phi) is 6.29. The van der Waals surface area contributed by atoms with Gasteiger partial charge in [0.15, 0.2) is 6.61 Å². The number of benzene rings is 2. The molecule has 1 aromatic heterocycles. The molecule has 0 aliphatic carbocycles. The quantitative estimate of drug-likeness (QED) is 0.601. The Bertz CT molecular complexity index is 1000. The highest BCUT2D eigenvalue weighted by atomic mass is 32.1. The number of hydrogen-bond acceptors (Lipinski definition) is 6. The summed E-state index contributed by atoms with van der Waals surface area (Å²) in [5.41, 5.74) is 2.03. The lowest BCUT2D eigenvalue weighted by molar-refractivity contribution is -0.135. The van der Waals surface area contributed by atoms with Crippen LogP contribution in [-0.4, -0.2) is 57.2 Å². The third kappa shape index (κ3) is 4.98. The number of rotatable bonds is 6. The Labute approximate surface area is 177 Å². The van der Waals surface area contributed by atoms with Gasteiger partial charge in [0.05, 0.1) is 11.7 Å². The van der Waals surface area contributed by atoms with Crippen LogP contribution in [0.3, 0.4) is 0 Å². The Morgan fingerprint density at radius 1 is 1.00 bits per heavy atom. The van der Waals surface area contributed by atoms with Crippen LogP contribution in [0.2, 0.25) is 0 Å². The topological polar surface area (TPSA) is 58.6 Å². The van der Waals surface area contributed by atoms with E-state index in [2.05, 4.69) is 13.6 Å². The van der Waals surface area contributed by atoms with E-state index in [1.165, 1.54) is 24.3 Å². The fraction of sp³-hybridized carbons (Fsp3) is 0.286. The number of carbonyl (C=O) groups excluding carboxylic acids is 1. The summed E-state index contributed by atoms with van der Waals surface area (Å²) >= 11 is 0.954. The zero-order valence-electron chi connectivity index (χ0n) is 16.1. The van der Waals surface area contributed by atoms with Crippen molar-refractivity contribution in [3.63, 3.8) is 0 Å². The maximum absolute atomic E-state index is 13.5. The molecule has 0 bridgehead atoms. The van der Waals surface area contributed by atoms with Crippen LogP contribution in [0.25, 0.3) is 11.3 Å². The van der Waals surface area contributed by atoms with Gasteiger partial charge in [-0.3, -0.25) is 9.69 Å². The van der Waals surface area contributed by atoms with E-state index in [0.717, 1.165) is 36.9 Å². The smallest absolute Gasteiger partial charge is 0.260 e. The predicted molar refractivity (Wildman–Crippen MR) is 109 cm³/mol. The second-order valence-corrected chi connectivity index (χ2v) is 7.53. The monoisotopic (exact) mass is 430 g/mol. The highest BCUT2D eigenvalue weighted by Crippen LogP contribution is 2.28. The van der Waals surface area contributed by atoms with Crippen molar-refractivity contribution in [2.75, 3.05) is 32.8 Å². The first kappa shape index (κ1) is 20.4. The molecule has 9 heteroatoms. The molecule has 1 aliphatic heterocycles. The summed E-state index contributed by atoms with van der Waals surface area (Å²) in [4.78, 5) is 16.5. The van der Waals surface area contributed by atoms with E-state index in [0.29, 0.717) is 24.3 Å². The van der Waals surface area contributed by atoms with E-state index in [-0.39, 0.29) is 30.0 Å². The van der Waals surface area contributed by atoms with E-state index in [9.17, 15) is 13.6 Å². The standard InChI is InChI=1S/C21H20F2N4O2S/c22-17-6-4-15(5-7-17)13-26-8-10-27(11-9-26)19(28)14-29-21-20(24-30-25-21)16-2-1-3-18(23)12-16/h1-7,12H,8-11,13-14H2. The van der Waals surface area contributed by atoms with Crippen molar-refractivity contribution in [1.29, 1.82) is 0 Å². The second kappa shape index (κ2) is 9.27. The molecule has 2 aromatic carbocycles. The molecular formula is C21H20F2N4O2S. The number of aromatic nitrogens is 2. The van der Waals surface area contributed by atoms with Crippen molar-refractivity contribution in [3.05, 3.63) is 65.7 Å². The molecule has 1 aliphatic rings. The number of carbonyl (C=O) groups is 1. The molecule has 0 saturated carbocycles. The summed E-state index contributed by atoms with van der Waals surface area (Å²) in [5, 5.41) is 0. The predicted octanol–water partition coefficient (Wildman–Crippen LogP) is 3.21. The lowest BCUT2D eigenvalue weighted by Gasteiger charge is -2.34. The molecule has 0 spiro atoms. The maximum Gasteiger partial charge on any atom is 0.260 e. The number of nitrogens with zero attached hydrogens (tertiary/aromatic N) is 4. The van der Waals surface area contributed by atoms with Crippen molar-refractivity contribution in [3.8, 4) is 17.1 Å². The molecule has 1 saturated heterocycles. The number of piperazine rings is 1. The zero-order valence-corrected chi connectivity index (χ0v) is 16.9. The highest BCUT2D eigenvalue weighted by Gasteiger charge is 2.22. The molecule has 30 heavy (non-hydrogen) atoms. The SMILES string of the molecule is O=C(COc1nsnc1-c1cccc(F)c1)N1CCN(Cc2ccc(F)cc2)CC1. The van der Waals surface area contributed by atoms with Gasteiger partial charge in [-0.25, -0.2) is 8.78 Å². The fourth-order valence-corrected chi connectivity index (χ4v) is 3.83. The molecule has 156 valence electrons. The lowest BCUT2D eigenvalue weighted by Crippen LogP contribution is -2.49. The highest BCUT2D eigenvalue weighted by molar-refractivity contribution is 6.99. The molecule has 6 nitrogen and oxygen atoms in total. The third-order valence-electron chi connectivity index (χ3n) is 4.93. The van der Waals surface area contributed by atoms with Gasteiger partial charge in [-0.1, -0.05) is 24.3 Å². The molecule has 0 radical (unpaired) electrons. The van der Waals surface area contributed by atoms with Gasteiger partial charge in [-0.05, 0) is 29.8 Å².